The third-order valence-electron chi connectivity index (χ3n) is 4.63. The first-order valence-corrected chi connectivity index (χ1v) is 7.65. The number of rotatable bonds is 6. The van der Waals surface area contributed by atoms with Gasteiger partial charge in [0.25, 0.3) is 5.91 Å². The predicted octanol–water partition coefficient (Wildman–Crippen LogP) is -2.80. The maximum atomic E-state index is 12.2. The molecular formula is C15H19N3O9. The first-order valence-electron chi connectivity index (χ1n) is 7.65. The summed E-state index contributed by atoms with van der Waals surface area (Å²) in [6.07, 6.45) is -1.08. The van der Waals surface area contributed by atoms with Gasteiger partial charge in [0.15, 0.2) is 28.6 Å². The number of hydrogen-bond acceptors (Lipinski definition) is 10. The zero-order valence-corrected chi connectivity index (χ0v) is 14.7. The molecule has 2 rings (SSSR count). The summed E-state index contributed by atoms with van der Waals surface area (Å²) in [6.45, 7) is 1.42. The molecule has 0 saturated carbocycles. The van der Waals surface area contributed by atoms with E-state index in [9.17, 15) is 34.5 Å². The molecule has 148 valence electrons. The number of Topliss-reactive ketones (excluding diaryl/α,β-unsaturated/α-hetero) is 3. The first-order chi connectivity index (χ1) is 12.3. The second-order valence-electron chi connectivity index (χ2n) is 6.21. The molecule has 1 fully saturated rings. The molecular weight excluding hydrogens is 366 g/mol. The molecule has 0 spiro atoms. The Morgan fingerprint density at radius 3 is 2.22 bits per heavy atom. The zero-order chi connectivity index (χ0) is 20.8. The van der Waals surface area contributed by atoms with E-state index in [0.29, 0.717) is 0 Å². The van der Waals surface area contributed by atoms with Crippen LogP contribution in [0, 0.1) is 0 Å². The highest BCUT2D eigenvalue weighted by Crippen LogP contribution is 2.44. The largest absolute Gasteiger partial charge is 0.442 e. The molecule has 12 nitrogen and oxygen atoms in total. The predicted molar refractivity (Wildman–Crippen MR) is 84.4 cm³/mol. The second kappa shape index (κ2) is 6.49. The third kappa shape index (κ3) is 2.65. The Kier molecular flexibility index (Phi) is 4.96. The van der Waals surface area contributed by atoms with Crippen molar-refractivity contribution in [3.63, 3.8) is 0 Å². The second-order valence-corrected chi connectivity index (χ2v) is 6.21. The average molecular weight is 385 g/mol. The Morgan fingerprint density at radius 1 is 1.19 bits per heavy atom. The number of nitrogens with two attached hydrogens (primary N) is 1. The summed E-state index contributed by atoms with van der Waals surface area (Å²) < 4.78 is 10.3. The number of ketones is 3. The number of carbonyl (C=O) groups is 4. The molecule has 1 amide bonds. The summed E-state index contributed by atoms with van der Waals surface area (Å²) in [5.41, 5.74) is -4.67. The molecule has 0 radical (unpaired) electrons. The lowest BCUT2D eigenvalue weighted by Gasteiger charge is -2.53. The third-order valence-corrected chi connectivity index (χ3v) is 4.63. The van der Waals surface area contributed by atoms with E-state index in [1.54, 1.807) is 0 Å². The van der Waals surface area contributed by atoms with Crippen LogP contribution in [-0.2, 0) is 19.1 Å². The van der Waals surface area contributed by atoms with Crippen molar-refractivity contribution in [3.8, 4) is 5.88 Å². The minimum atomic E-state index is -3.30. The van der Waals surface area contributed by atoms with Crippen LogP contribution in [0.25, 0.3) is 0 Å². The van der Waals surface area contributed by atoms with E-state index in [-0.39, 0.29) is 5.69 Å². The fourth-order valence-corrected chi connectivity index (χ4v) is 3.01. The van der Waals surface area contributed by atoms with Crippen LogP contribution in [0.3, 0.4) is 0 Å². The Morgan fingerprint density at radius 2 is 1.78 bits per heavy atom. The van der Waals surface area contributed by atoms with Crippen LogP contribution in [0.2, 0.25) is 0 Å². The maximum Gasteiger partial charge on any atom is 0.270 e. The van der Waals surface area contributed by atoms with Gasteiger partial charge >= 0.3 is 0 Å². The fourth-order valence-electron chi connectivity index (χ4n) is 3.01. The zero-order valence-electron chi connectivity index (χ0n) is 14.7. The smallest absolute Gasteiger partial charge is 0.270 e. The first kappa shape index (κ1) is 20.6. The lowest BCUT2D eigenvalue weighted by Crippen LogP contribution is -2.84. The number of nitrogens with one attached hydrogen (secondary N) is 1. The van der Waals surface area contributed by atoms with Crippen molar-refractivity contribution in [1.82, 2.24) is 9.97 Å². The van der Waals surface area contributed by atoms with Gasteiger partial charge in [0.1, 0.15) is 0 Å². The van der Waals surface area contributed by atoms with Crippen LogP contribution in [0.5, 0.6) is 5.88 Å². The van der Waals surface area contributed by atoms with E-state index in [1.807, 2.05) is 0 Å². The number of amides is 1. The SMILES string of the molecule is CC(=O)[C@]1(O)[C@@](O)(C(C)=O)CO[C@@H](Oc2nc[nH]c2C(N)=O)[C@@]1(O)C(C)=O. The maximum absolute atomic E-state index is 12.2. The van der Waals surface area contributed by atoms with Crippen molar-refractivity contribution < 1.29 is 44.0 Å². The highest BCUT2D eigenvalue weighted by molar-refractivity contribution is 6.05. The summed E-state index contributed by atoms with van der Waals surface area (Å²) in [6, 6.07) is 0. The minimum Gasteiger partial charge on any atom is -0.442 e. The minimum absolute atomic E-state index is 0.344. The number of imidazole rings is 1. The Labute approximate surface area is 152 Å². The summed E-state index contributed by atoms with van der Waals surface area (Å²) in [7, 11) is 0. The number of nitrogens with zero attached hydrogens (tertiary/aromatic N) is 1. The van der Waals surface area contributed by atoms with Crippen molar-refractivity contribution in [1.29, 1.82) is 0 Å². The Hall–Kier alpha value is -2.67. The molecule has 0 aliphatic carbocycles. The monoisotopic (exact) mass is 385 g/mol. The molecule has 1 aromatic heterocycles. The van der Waals surface area contributed by atoms with Gasteiger partial charge in [0.05, 0.1) is 12.9 Å². The number of aliphatic hydroxyl groups is 3. The summed E-state index contributed by atoms with van der Waals surface area (Å²) in [5, 5.41) is 32.5. The summed E-state index contributed by atoms with van der Waals surface area (Å²) in [5.74, 6) is -5.15. The van der Waals surface area contributed by atoms with Crippen LogP contribution in [0.15, 0.2) is 6.33 Å². The molecule has 1 aromatic rings. The van der Waals surface area contributed by atoms with Crippen LogP contribution < -0.4 is 10.5 Å². The normalized spacial score (nSPS) is 33.3. The summed E-state index contributed by atoms with van der Waals surface area (Å²) >= 11 is 0. The number of H-pyrrole nitrogens is 1. The van der Waals surface area contributed by atoms with E-state index < -0.39 is 58.8 Å². The van der Waals surface area contributed by atoms with Crippen LogP contribution in [0.1, 0.15) is 31.3 Å². The molecule has 0 bridgehead atoms. The number of aromatic nitrogens is 2. The molecule has 2 heterocycles. The highest BCUT2D eigenvalue weighted by atomic mass is 16.7. The van der Waals surface area contributed by atoms with Gasteiger partial charge in [-0.2, -0.15) is 0 Å². The van der Waals surface area contributed by atoms with Crippen molar-refractivity contribution in [3.05, 3.63) is 12.0 Å². The van der Waals surface area contributed by atoms with Crippen molar-refractivity contribution in [2.75, 3.05) is 6.61 Å². The number of ether oxygens (including phenoxy) is 2. The number of carbonyl (C=O) groups excluding carboxylic acids is 4. The van der Waals surface area contributed by atoms with Crippen molar-refractivity contribution >= 4 is 23.3 Å². The van der Waals surface area contributed by atoms with Gasteiger partial charge in [-0.15, -0.1) is 0 Å². The van der Waals surface area contributed by atoms with Gasteiger partial charge in [-0.05, 0) is 20.8 Å². The molecule has 12 heteroatoms. The Balaban J connectivity index is 2.63. The van der Waals surface area contributed by atoms with Gasteiger partial charge in [0, 0.05) is 0 Å². The van der Waals surface area contributed by atoms with Crippen LogP contribution >= 0.6 is 0 Å². The molecule has 4 atom stereocenters. The Bertz CT molecular complexity index is 821. The van der Waals surface area contributed by atoms with E-state index in [4.69, 9.17) is 15.2 Å². The van der Waals surface area contributed by atoms with Crippen LogP contribution in [0.4, 0.5) is 0 Å². The molecule has 0 unspecified atom stereocenters. The summed E-state index contributed by atoms with van der Waals surface area (Å²) in [4.78, 5) is 53.7. The molecule has 27 heavy (non-hydrogen) atoms. The standard InChI is InChI=1S/C15H19N3O9/c1-6(19)13(23)4-26-12(27-11-9(10(16)22)17-5-18-11)14(24,7(2)20)15(13,25)8(3)21/h5,12,23-25H,4H2,1-3H3,(H2,16,22)(H,17,18)/t12-,13-,14-,15-/m0/s1. The van der Waals surface area contributed by atoms with E-state index >= 15 is 0 Å². The van der Waals surface area contributed by atoms with Crippen molar-refractivity contribution in [2.24, 2.45) is 5.73 Å². The molecule has 1 aliphatic rings. The van der Waals surface area contributed by atoms with Gasteiger partial charge in [-0.3, -0.25) is 19.2 Å². The average Bonchev–Trinajstić information content (AvgIpc) is 3.03. The van der Waals surface area contributed by atoms with Gasteiger partial charge in [-0.1, -0.05) is 0 Å². The molecule has 0 aromatic carbocycles. The van der Waals surface area contributed by atoms with Gasteiger partial charge in [0.2, 0.25) is 23.4 Å². The van der Waals surface area contributed by atoms with E-state index in [1.165, 1.54) is 0 Å². The number of primary amides is 1. The molecule has 1 aliphatic heterocycles. The van der Waals surface area contributed by atoms with Crippen LogP contribution in [-0.4, -0.2) is 78.2 Å². The quantitative estimate of drug-likeness (QED) is 0.340. The van der Waals surface area contributed by atoms with E-state index in [2.05, 4.69) is 9.97 Å². The topological polar surface area (TPSA) is 202 Å². The fraction of sp³-hybridized carbons (Fsp3) is 0.533. The highest BCUT2D eigenvalue weighted by Gasteiger charge is 2.76. The lowest BCUT2D eigenvalue weighted by molar-refractivity contribution is -0.328. The molecule has 1 saturated heterocycles. The lowest BCUT2D eigenvalue weighted by atomic mass is 9.63. The van der Waals surface area contributed by atoms with Gasteiger partial charge in [-0.25, -0.2) is 4.98 Å². The van der Waals surface area contributed by atoms with Gasteiger partial charge < -0.3 is 35.5 Å². The van der Waals surface area contributed by atoms with Crippen molar-refractivity contribution in [2.45, 2.75) is 43.9 Å². The number of hydrogen-bond donors (Lipinski definition) is 5. The number of aromatic amines is 1. The van der Waals surface area contributed by atoms with E-state index in [0.717, 1.165) is 27.1 Å². The molecule has 6 N–H and O–H groups in total.